The first kappa shape index (κ1) is 27.5. The van der Waals surface area contributed by atoms with Gasteiger partial charge in [-0.05, 0) is 68.9 Å². The number of rotatable bonds is 9. The number of nitro benzene ring substituents is 1. The molecule has 40 heavy (non-hydrogen) atoms. The maximum atomic E-state index is 10.9. The summed E-state index contributed by atoms with van der Waals surface area (Å²) in [7, 11) is 1.56. The summed E-state index contributed by atoms with van der Waals surface area (Å²) >= 11 is 5.14. The van der Waals surface area contributed by atoms with E-state index in [1.807, 2.05) is 18.2 Å². The lowest BCUT2D eigenvalue weighted by molar-refractivity contribution is -0.384. The first-order valence-corrected chi connectivity index (χ1v) is 14.1. The normalized spacial score (nSPS) is 13.1. The number of benzene rings is 3. The fourth-order valence-electron chi connectivity index (χ4n) is 4.58. The molecule has 0 atom stereocenters. The van der Waals surface area contributed by atoms with E-state index in [4.69, 9.17) is 14.5 Å². The highest BCUT2D eigenvalue weighted by Gasteiger charge is 2.24. The molecule has 1 aliphatic rings. The van der Waals surface area contributed by atoms with E-state index in [9.17, 15) is 15.4 Å². The van der Waals surface area contributed by atoms with Gasteiger partial charge in [0, 0.05) is 42.9 Å². The number of non-ortho nitro benzene ring substituents is 1. The van der Waals surface area contributed by atoms with Crippen molar-refractivity contribution in [2.45, 2.75) is 26.1 Å². The number of halogens is 1. The molecule has 0 amide bonds. The molecule has 1 aliphatic heterocycles. The zero-order chi connectivity index (χ0) is 28.1. The van der Waals surface area contributed by atoms with Crippen molar-refractivity contribution in [3.05, 3.63) is 114 Å². The second-order valence-electron chi connectivity index (χ2n) is 9.25. The Labute approximate surface area is 244 Å². The van der Waals surface area contributed by atoms with Crippen molar-refractivity contribution in [2.75, 3.05) is 13.7 Å². The van der Waals surface area contributed by atoms with Crippen LogP contribution in [0.2, 0.25) is 0 Å². The molecular weight excluding hydrogens is 592 g/mol. The van der Waals surface area contributed by atoms with Crippen LogP contribution in [0.5, 0.6) is 11.5 Å². The fourth-order valence-corrected chi connectivity index (χ4v) is 6.34. The van der Waals surface area contributed by atoms with Crippen LogP contribution in [0, 0.1) is 21.4 Å². The van der Waals surface area contributed by atoms with Gasteiger partial charge in [0.2, 0.25) is 0 Å². The summed E-state index contributed by atoms with van der Waals surface area (Å²) in [6.07, 6.45) is 2.56. The van der Waals surface area contributed by atoms with E-state index in [0.717, 1.165) is 42.7 Å². The van der Waals surface area contributed by atoms with E-state index in [-0.39, 0.29) is 12.3 Å². The van der Waals surface area contributed by atoms with E-state index in [2.05, 4.69) is 51.2 Å². The number of hydrogen-bond donors (Lipinski definition) is 0. The average Bonchev–Trinajstić information content (AvgIpc) is 3.32. The molecule has 202 valence electrons. The number of ether oxygens (including phenoxy) is 2. The van der Waals surface area contributed by atoms with Gasteiger partial charge in [-0.2, -0.15) is 5.26 Å². The van der Waals surface area contributed by atoms with Crippen molar-refractivity contribution >= 4 is 44.2 Å². The molecule has 0 radical (unpaired) electrons. The molecule has 2 heterocycles. The minimum atomic E-state index is -0.434. The van der Waals surface area contributed by atoms with Gasteiger partial charge >= 0.3 is 0 Å². The Hall–Kier alpha value is -4.04. The van der Waals surface area contributed by atoms with E-state index < -0.39 is 4.92 Å². The maximum Gasteiger partial charge on any atom is 0.269 e. The van der Waals surface area contributed by atoms with Crippen LogP contribution in [0.1, 0.15) is 32.7 Å². The fraction of sp³-hybridized carbons (Fsp3) is 0.200. The monoisotopic (exact) mass is 616 g/mol. The van der Waals surface area contributed by atoms with Gasteiger partial charge in [0.05, 0.1) is 22.1 Å². The summed E-state index contributed by atoms with van der Waals surface area (Å²) in [5, 5.41) is 21.5. The molecule has 4 aromatic rings. The SMILES string of the molecule is COc1cc(C=Nc2sc3c(c2C#N)CCN(Cc2ccccc2)C3)cc(Br)c1OCc1ccc([N+](=O)[O-])cc1. The Morgan fingerprint density at radius 1 is 1.18 bits per heavy atom. The summed E-state index contributed by atoms with van der Waals surface area (Å²) in [5.41, 5.74) is 4.65. The molecule has 5 rings (SSSR count). The highest BCUT2D eigenvalue weighted by atomic mass is 79.9. The van der Waals surface area contributed by atoms with Crippen molar-refractivity contribution < 1.29 is 14.4 Å². The Bertz CT molecular complexity index is 1600. The predicted molar refractivity (Wildman–Crippen MR) is 159 cm³/mol. The zero-order valence-electron chi connectivity index (χ0n) is 21.7. The van der Waals surface area contributed by atoms with Gasteiger partial charge in [-0.1, -0.05) is 30.3 Å². The smallest absolute Gasteiger partial charge is 0.269 e. The number of nitrogens with zero attached hydrogens (tertiary/aromatic N) is 4. The molecular formula is C30H25BrN4O4S. The third-order valence-corrected chi connectivity index (χ3v) is 8.30. The third-order valence-electron chi connectivity index (χ3n) is 6.59. The lowest BCUT2D eigenvalue weighted by atomic mass is 10.0. The second kappa shape index (κ2) is 12.4. The van der Waals surface area contributed by atoms with Gasteiger partial charge in [-0.15, -0.1) is 11.3 Å². The zero-order valence-corrected chi connectivity index (χ0v) is 24.1. The van der Waals surface area contributed by atoms with Crippen LogP contribution in [0.4, 0.5) is 10.7 Å². The number of aliphatic imine (C=N–C) groups is 1. The van der Waals surface area contributed by atoms with Crippen LogP contribution >= 0.6 is 27.3 Å². The number of fused-ring (bicyclic) bond motifs is 1. The van der Waals surface area contributed by atoms with Crippen molar-refractivity contribution in [3.63, 3.8) is 0 Å². The summed E-state index contributed by atoms with van der Waals surface area (Å²) < 4.78 is 12.2. The lowest BCUT2D eigenvalue weighted by Crippen LogP contribution is -2.29. The van der Waals surface area contributed by atoms with Crippen LogP contribution in [0.15, 0.2) is 76.2 Å². The summed E-state index contributed by atoms with van der Waals surface area (Å²) in [6, 6.07) is 22.7. The highest BCUT2D eigenvalue weighted by molar-refractivity contribution is 9.10. The van der Waals surface area contributed by atoms with Gasteiger partial charge in [0.1, 0.15) is 17.7 Å². The van der Waals surface area contributed by atoms with Crippen LogP contribution in [-0.4, -0.2) is 29.7 Å². The van der Waals surface area contributed by atoms with E-state index >= 15 is 0 Å². The lowest BCUT2D eigenvalue weighted by Gasteiger charge is -2.26. The van der Waals surface area contributed by atoms with Gasteiger partial charge in [-0.3, -0.25) is 15.0 Å². The molecule has 0 fully saturated rings. The number of thiophene rings is 1. The molecule has 0 unspecified atom stereocenters. The van der Waals surface area contributed by atoms with E-state index in [1.54, 1.807) is 36.8 Å². The predicted octanol–water partition coefficient (Wildman–Crippen LogP) is 7.19. The van der Waals surface area contributed by atoms with Crippen molar-refractivity contribution in [3.8, 4) is 17.6 Å². The molecule has 0 spiro atoms. The Morgan fingerprint density at radius 2 is 1.95 bits per heavy atom. The van der Waals surface area contributed by atoms with Gasteiger partial charge in [-0.25, -0.2) is 4.99 Å². The van der Waals surface area contributed by atoms with Gasteiger partial charge < -0.3 is 9.47 Å². The van der Waals surface area contributed by atoms with Crippen LogP contribution in [-0.2, 0) is 26.1 Å². The first-order chi connectivity index (χ1) is 19.4. The Morgan fingerprint density at radius 3 is 2.65 bits per heavy atom. The molecule has 8 nitrogen and oxygen atoms in total. The maximum absolute atomic E-state index is 10.9. The minimum Gasteiger partial charge on any atom is -0.493 e. The molecule has 0 bridgehead atoms. The number of methoxy groups -OCH3 is 1. The molecule has 0 N–H and O–H groups in total. The molecule has 1 aromatic heterocycles. The van der Waals surface area contributed by atoms with E-state index in [0.29, 0.717) is 26.5 Å². The first-order valence-electron chi connectivity index (χ1n) is 12.5. The van der Waals surface area contributed by atoms with Crippen LogP contribution in [0.3, 0.4) is 0 Å². The number of hydrogen-bond acceptors (Lipinski definition) is 8. The highest BCUT2D eigenvalue weighted by Crippen LogP contribution is 2.40. The second-order valence-corrected chi connectivity index (χ2v) is 11.2. The summed E-state index contributed by atoms with van der Waals surface area (Å²) in [6.45, 7) is 2.81. The van der Waals surface area contributed by atoms with E-state index in [1.165, 1.54) is 22.6 Å². The molecule has 0 saturated carbocycles. The summed E-state index contributed by atoms with van der Waals surface area (Å²) in [5.74, 6) is 1.03. The summed E-state index contributed by atoms with van der Waals surface area (Å²) in [4.78, 5) is 18.7. The standard InChI is InChI=1S/C30H25BrN4O4S/c1-38-27-14-22(13-26(31)29(27)39-19-21-7-9-23(10-8-21)35(36)37)16-33-30-25(15-32)24-11-12-34(18-28(24)40-30)17-20-5-3-2-4-6-20/h2-10,13-14,16H,11-12,17-19H2,1H3. The quantitative estimate of drug-likeness (QED) is 0.112. The van der Waals surface area contributed by atoms with Crippen molar-refractivity contribution in [2.24, 2.45) is 4.99 Å². The number of nitriles is 1. The minimum absolute atomic E-state index is 0.0295. The van der Waals surface area contributed by atoms with Crippen LogP contribution < -0.4 is 9.47 Å². The van der Waals surface area contributed by atoms with Crippen molar-refractivity contribution in [1.29, 1.82) is 5.26 Å². The Balaban J connectivity index is 1.31. The average molecular weight is 618 g/mol. The third kappa shape index (κ3) is 6.23. The largest absolute Gasteiger partial charge is 0.493 e. The van der Waals surface area contributed by atoms with Crippen molar-refractivity contribution in [1.82, 2.24) is 4.90 Å². The van der Waals surface area contributed by atoms with Gasteiger partial charge in [0.25, 0.3) is 5.69 Å². The van der Waals surface area contributed by atoms with Gasteiger partial charge in [0.15, 0.2) is 11.5 Å². The Kier molecular flexibility index (Phi) is 8.55. The topological polar surface area (TPSA) is 101 Å². The molecule has 0 saturated heterocycles. The number of nitro groups is 1. The molecule has 3 aromatic carbocycles. The molecule has 0 aliphatic carbocycles. The van der Waals surface area contributed by atoms with Crippen LogP contribution in [0.25, 0.3) is 0 Å². The molecule has 10 heteroatoms.